The first-order chi connectivity index (χ1) is 12.2. The van der Waals surface area contributed by atoms with Crippen LogP contribution in [0.15, 0.2) is 47.9 Å². The minimum absolute atomic E-state index is 0.0593. The molecule has 0 unspecified atom stereocenters. The van der Waals surface area contributed by atoms with Gasteiger partial charge in [-0.05, 0) is 55.6 Å². The van der Waals surface area contributed by atoms with Crippen molar-refractivity contribution in [1.29, 1.82) is 0 Å². The number of sulfone groups is 1. The van der Waals surface area contributed by atoms with E-state index < -0.39 is 15.7 Å². The summed E-state index contributed by atoms with van der Waals surface area (Å²) in [7, 11) is -0.0960. The third-order valence-electron chi connectivity index (χ3n) is 3.50. The highest BCUT2D eigenvalue weighted by Crippen LogP contribution is 2.16. The zero-order valence-electron chi connectivity index (χ0n) is 14.4. The van der Waals surface area contributed by atoms with Crippen LogP contribution >= 0.6 is 11.6 Å². The van der Waals surface area contributed by atoms with E-state index in [-0.39, 0.29) is 23.6 Å². The molecule has 0 N–H and O–H groups in total. The van der Waals surface area contributed by atoms with Gasteiger partial charge in [-0.15, -0.1) is 0 Å². The van der Waals surface area contributed by atoms with Crippen LogP contribution in [-0.4, -0.2) is 39.7 Å². The second-order valence-corrected chi connectivity index (χ2v) is 8.46. The maximum atomic E-state index is 13.9. The Bertz CT molecular complexity index is 922. The van der Waals surface area contributed by atoms with Crippen LogP contribution in [0.1, 0.15) is 21.5 Å². The SMILES string of the molecule is CN(C)CC(=O)c1cc(/C=C/S(=O)(=O)Cc2ccc(Cl)cc2)ccc1F. The van der Waals surface area contributed by atoms with Crippen molar-refractivity contribution < 1.29 is 17.6 Å². The van der Waals surface area contributed by atoms with Crippen LogP contribution in [0.25, 0.3) is 6.08 Å². The van der Waals surface area contributed by atoms with E-state index in [2.05, 4.69) is 0 Å². The van der Waals surface area contributed by atoms with Crippen molar-refractivity contribution in [3.05, 3.63) is 75.4 Å². The van der Waals surface area contributed by atoms with Gasteiger partial charge in [0.05, 0.1) is 17.9 Å². The van der Waals surface area contributed by atoms with Gasteiger partial charge in [-0.3, -0.25) is 4.79 Å². The van der Waals surface area contributed by atoms with Gasteiger partial charge in [0.25, 0.3) is 0 Å². The number of Topliss-reactive ketones (excluding diaryl/α,β-unsaturated/α-hetero) is 1. The molecule has 0 saturated carbocycles. The predicted molar refractivity (Wildman–Crippen MR) is 102 cm³/mol. The van der Waals surface area contributed by atoms with Crippen molar-refractivity contribution in [2.24, 2.45) is 0 Å². The summed E-state index contributed by atoms with van der Waals surface area (Å²) in [5, 5.41) is 1.60. The van der Waals surface area contributed by atoms with Gasteiger partial charge in [-0.1, -0.05) is 29.8 Å². The van der Waals surface area contributed by atoms with Gasteiger partial charge >= 0.3 is 0 Å². The summed E-state index contributed by atoms with van der Waals surface area (Å²) in [6.07, 6.45) is 1.36. The molecule has 7 heteroatoms. The van der Waals surface area contributed by atoms with Crippen LogP contribution in [-0.2, 0) is 15.6 Å². The van der Waals surface area contributed by atoms with Crippen molar-refractivity contribution in [3.63, 3.8) is 0 Å². The molecule has 0 fully saturated rings. The number of hydrogen-bond donors (Lipinski definition) is 0. The zero-order valence-corrected chi connectivity index (χ0v) is 16.0. The van der Waals surface area contributed by atoms with Gasteiger partial charge in [0.1, 0.15) is 5.82 Å². The molecule has 26 heavy (non-hydrogen) atoms. The van der Waals surface area contributed by atoms with E-state index in [0.717, 1.165) is 11.5 Å². The fourth-order valence-corrected chi connectivity index (χ4v) is 3.52. The summed E-state index contributed by atoms with van der Waals surface area (Å²) in [4.78, 5) is 13.7. The Morgan fingerprint density at radius 3 is 2.42 bits per heavy atom. The Labute approximate surface area is 157 Å². The van der Waals surface area contributed by atoms with E-state index in [1.165, 1.54) is 18.2 Å². The summed E-state index contributed by atoms with van der Waals surface area (Å²) >= 11 is 5.78. The molecule has 2 aromatic rings. The van der Waals surface area contributed by atoms with Crippen molar-refractivity contribution in [2.45, 2.75) is 5.75 Å². The molecule has 0 aliphatic rings. The number of rotatable bonds is 7. The minimum Gasteiger partial charge on any atom is -0.302 e. The highest BCUT2D eigenvalue weighted by Gasteiger charge is 2.13. The summed E-state index contributed by atoms with van der Waals surface area (Å²) in [6, 6.07) is 10.5. The lowest BCUT2D eigenvalue weighted by Gasteiger charge is -2.09. The number of likely N-dealkylation sites (N-methyl/N-ethyl adjacent to an activating group) is 1. The second kappa shape index (κ2) is 8.58. The van der Waals surface area contributed by atoms with Crippen molar-refractivity contribution in [3.8, 4) is 0 Å². The minimum atomic E-state index is -3.52. The molecule has 0 amide bonds. The molecule has 0 aliphatic carbocycles. The third kappa shape index (κ3) is 6.05. The standard InChI is InChI=1S/C19H19ClFNO3S/c1-22(2)12-19(23)17-11-14(5-8-18(17)21)9-10-26(24,25)13-15-3-6-16(20)7-4-15/h3-11H,12-13H2,1-2H3/b10-9+. The molecule has 4 nitrogen and oxygen atoms in total. The molecule has 0 heterocycles. The smallest absolute Gasteiger partial charge is 0.179 e. The van der Waals surface area contributed by atoms with Gasteiger partial charge < -0.3 is 4.90 Å². The Balaban J connectivity index is 2.18. The monoisotopic (exact) mass is 395 g/mol. The number of nitrogens with zero attached hydrogens (tertiary/aromatic N) is 1. The molecule has 0 aliphatic heterocycles. The summed E-state index contributed by atoms with van der Waals surface area (Å²) in [5.41, 5.74) is 0.990. The fraction of sp³-hybridized carbons (Fsp3) is 0.211. The average Bonchev–Trinajstić information content (AvgIpc) is 2.55. The topological polar surface area (TPSA) is 54.5 Å². The number of carbonyl (C=O) groups excluding carboxylic acids is 1. The largest absolute Gasteiger partial charge is 0.302 e. The van der Waals surface area contributed by atoms with E-state index in [1.807, 2.05) is 0 Å². The number of halogens is 2. The summed E-state index contributed by atoms with van der Waals surface area (Å²) in [6.45, 7) is 0.0684. The quantitative estimate of drug-likeness (QED) is 0.669. The molecule has 0 saturated heterocycles. The molecule has 2 aromatic carbocycles. The van der Waals surface area contributed by atoms with Crippen LogP contribution in [0, 0.1) is 5.82 Å². The highest BCUT2D eigenvalue weighted by atomic mass is 35.5. The molecular formula is C19H19ClFNO3S. The zero-order chi connectivity index (χ0) is 19.3. The second-order valence-electron chi connectivity index (χ2n) is 6.14. The molecule has 0 aromatic heterocycles. The van der Waals surface area contributed by atoms with Gasteiger partial charge in [-0.2, -0.15) is 0 Å². The molecule has 0 radical (unpaired) electrons. The Kier molecular flexibility index (Phi) is 6.69. The molecular weight excluding hydrogens is 377 g/mol. The molecule has 0 bridgehead atoms. The molecule has 0 spiro atoms. The van der Waals surface area contributed by atoms with Crippen LogP contribution in [0.5, 0.6) is 0 Å². The average molecular weight is 396 g/mol. The van der Waals surface area contributed by atoms with Gasteiger partial charge in [0.15, 0.2) is 15.6 Å². The predicted octanol–water partition coefficient (Wildman–Crippen LogP) is 3.81. The Hall–Kier alpha value is -2.02. The van der Waals surface area contributed by atoms with Crippen LogP contribution in [0.4, 0.5) is 4.39 Å². The first-order valence-corrected chi connectivity index (χ1v) is 9.88. The lowest BCUT2D eigenvalue weighted by molar-refractivity contribution is 0.0954. The maximum Gasteiger partial charge on any atom is 0.179 e. The fourth-order valence-electron chi connectivity index (χ4n) is 2.28. The van der Waals surface area contributed by atoms with Crippen molar-refractivity contribution >= 4 is 33.3 Å². The number of ketones is 1. The number of carbonyl (C=O) groups is 1. The van der Waals surface area contributed by atoms with Gasteiger partial charge in [-0.25, -0.2) is 12.8 Å². The summed E-state index contributed by atoms with van der Waals surface area (Å²) in [5.74, 6) is -1.17. The number of hydrogen-bond acceptors (Lipinski definition) is 4. The van der Waals surface area contributed by atoms with Crippen molar-refractivity contribution in [1.82, 2.24) is 4.90 Å². The number of benzene rings is 2. The van der Waals surface area contributed by atoms with E-state index in [0.29, 0.717) is 16.1 Å². The van der Waals surface area contributed by atoms with Gasteiger partial charge in [0.2, 0.25) is 0 Å². The van der Waals surface area contributed by atoms with E-state index in [9.17, 15) is 17.6 Å². The maximum absolute atomic E-state index is 13.9. The van der Waals surface area contributed by atoms with E-state index in [1.54, 1.807) is 43.3 Å². The Morgan fingerprint density at radius 1 is 1.15 bits per heavy atom. The highest BCUT2D eigenvalue weighted by molar-refractivity contribution is 7.93. The lowest BCUT2D eigenvalue weighted by Crippen LogP contribution is -2.22. The van der Waals surface area contributed by atoms with E-state index >= 15 is 0 Å². The molecule has 2 rings (SSSR count). The third-order valence-corrected chi connectivity index (χ3v) is 5.04. The normalized spacial score (nSPS) is 12.0. The Morgan fingerprint density at radius 2 is 1.81 bits per heavy atom. The van der Waals surface area contributed by atoms with Crippen LogP contribution in [0.3, 0.4) is 0 Å². The van der Waals surface area contributed by atoms with Crippen LogP contribution < -0.4 is 0 Å². The first kappa shape index (κ1) is 20.3. The lowest BCUT2D eigenvalue weighted by atomic mass is 10.1. The summed E-state index contributed by atoms with van der Waals surface area (Å²) < 4.78 is 38.3. The van der Waals surface area contributed by atoms with Crippen molar-refractivity contribution in [2.75, 3.05) is 20.6 Å². The van der Waals surface area contributed by atoms with Crippen LogP contribution in [0.2, 0.25) is 5.02 Å². The van der Waals surface area contributed by atoms with E-state index in [4.69, 9.17) is 11.6 Å². The van der Waals surface area contributed by atoms with Gasteiger partial charge in [0, 0.05) is 10.4 Å². The molecule has 0 atom stereocenters. The first-order valence-electron chi connectivity index (χ1n) is 7.79. The molecule has 138 valence electrons.